The van der Waals surface area contributed by atoms with Crippen molar-refractivity contribution in [3.63, 3.8) is 0 Å². The molecule has 0 aliphatic heterocycles. The molecule has 20 heavy (non-hydrogen) atoms. The third kappa shape index (κ3) is 2.66. The van der Waals surface area contributed by atoms with Crippen molar-refractivity contribution in [3.05, 3.63) is 66.1 Å². The minimum atomic E-state index is -0.458. The van der Waals surface area contributed by atoms with Crippen molar-refractivity contribution in [3.8, 4) is 0 Å². The van der Waals surface area contributed by atoms with E-state index in [-0.39, 0.29) is 5.38 Å². The summed E-state index contributed by atoms with van der Waals surface area (Å²) in [6.07, 6.45) is 0. The molecule has 1 aromatic heterocycles. The van der Waals surface area contributed by atoms with Crippen LogP contribution in [0.25, 0.3) is 11.1 Å². The van der Waals surface area contributed by atoms with Gasteiger partial charge in [0.1, 0.15) is 0 Å². The molecule has 0 saturated heterocycles. The predicted molar refractivity (Wildman–Crippen MR) is 91.4 cm³/mol. The second-order valence-electron chi connectivity index (χ2n) is 4.30. The van der Waals surface area contributed by atoms with E-state index in [1.807, 2.05) is 24.3 Å². The van der Waals surface area contributed by atoms with Gasteiger partial charge in [-0.3, -0.25) is 4.98 Å². The molecular weight excluding hydrogens is 456 g/mol. The van der Waals surface area contributed by atoms with Gasteiger partial charge < -0.3 is 4.42 Å². The molecule has 1 unspecified atom stereocenters. The topological polar surface area (TPSA) is 46.0 Å². The van der Waals surface area contributed by atoms with Crippen LogP contribution in [0.3, 0.4) is 0 Å². The molecule has 102 valence electrons. The van der Waals surface area contributed by atoms with Crippen LogP contribution in [0.5, 0.6) is 0 Å². The van der Waals surface area contributed by atoms with Crippen LogP contribution in [0.4, 0.5) is 0 Å². The highest BCUT2D eigenvalue weighted by atomic mass is 127. The summed E-state index contributed by atoms with van der Waals surface area (Å²) in [6.45, 7) is 0. The third-order valence-corrected chi connectivity index (χ3v) is 4.93. The van der Waals surface area contributed by atoms with Crippen LogP contribution in [0.2, 0.25) is 0 Å². The summed E-state index contributed by atoms with van der Waals surface area (Å²) >= 11 is 12.3. The molecule has 1 heterocycles. The number of oxazole rings is 1. The van der Waals surface area contributed by atoms with Gasteiger partial charge in [0.2, 0.25) is 0 Å². The van der Waals surface area contributed by atoms with Crippen molar-refractivity contribution < 1.29 is 4.42 Å². The Labute approximate surface area is 141 Å². The first kappa shape index (κ1) is 14.2. The third-order valence-electron chi connectivity index (χ3n) is 2.97. The number of aromatic amines is 1. The maximum absolute atomic E-state index is 11.2. The van der Waals surface area contributed by atoms with Gasteiger partial charge in [0.25, 0.3) is 0 Å². The van der Waals surface area contributed by atoms with Crippen LogP contribution in [0.15, 0.2) is 50.1 Å². The maximum Gasteiger partial charge on any atom is 0.417 e. The summed E-state index contributed by atoms with van der Waals surface area (Å²) in [5, 5.41) is -0.302. The lowest BCUT2D eigenvalue weighted by molar-refractivity contribution is 0.555. The summed E-state index contributed by atoms with van der Waals surface area (Å²) < 4.78 is 7.13. The summed E-state index contributed by atoms with van der Waals surface area (Å²) in [7, 11) is 0. The van der Waals surface area contributed by atoms with Crippen molar-refractivity contribution in [2.75, 3.05) is 0 Å². The molecule has 0 saturated carbocycles. The van der Waals surface area contributed by atoms with Gasteiger partial charge in [0.15, 0.2) is 5.58 Å². The lowest BCUT2D eigenvalue weighted by Gasteiger charge is -2.12. The minimum Gasteiger partial charge on any atom is -0.408 e. The second kappa shape index (κ2) is 5.54. The number of hydrogen-bond donors (Lipinski definition) is 1. The van der Waals surface area contributed by atoms with E-state index >= 15 is 0 Å². The van der Waals surface area contributed by atoms with E-state index < -0.39 is 5.76 Å². The number of H-pyrrole nitrogens is 1. The van der Waals surface area contributed by atoms with Crippen molar-refractivity contribution in [2.24, 2.45) is 0 Å². The highest BCUT2D eigenvalue weighted by Gasteiger charge is 2.16. The molecule has 1 atom stereocenters. The molecule has 3 rings (SSSR count). The zero-order chi connectivity index (χ0) is 14.3. The summed E-state index contributed by atoms with van der Waals surface area (Å²) in [6, 6.07) is 11.5. The van der Waals surface area contributed by atoms with Crippen molar-refractivity contribution in [1.82, 2.24) is 4.98 Å². The highest BCUT2D eigenvalue weighted by Crippen LogP contribution is 2.34. The zero-order valence-corrected chi connectivity index (χ0v) is 14.5. The average Bonchev–Trinajstić information content (AvgIpc) is 2.79. The van der Waals surface area contributed by atoms with E-state index in [4.69, 9.17) is 16.0 Å². The SMILES string of the molecule is O=c1[nH]c2ccc(C(Cl)c3cc(Br)ccc3I)cc2o1. The number of alkyl halides is 1. The zero-order valence-electron chi connectivity index (χ0n) is 9.99. The van der Waals surface area contributed by atoms with E-state index in [1.165, 1.54) is 0 Å². The van der Waals surface area contributed by atoms with Gasteiger partial charge >= 0.3 is 5.76 Å². The highest BCUT2D eigenvalue weighted by molar-refractivity contribution is 14.1. The van der Waals surface area contributed by atoms with E-state index in [0.29, 0.717) is 11.1 Å². The molecule has 1 N–H and O–H groups in total. The monoisotopic (exact) mass is 463 g/mol. The molecule has 0 fully saturated rings. The van der Waals surface area contributed by atoms with Gasteiger partial charge in [-0.2, -0.15) is 0 Å². The molecule has 0 radical (unpaired) electrons. The van der Waals surface area contributed by atoms with Crippen LogP contribution in [0, 0.1) is 3.57 Å². The van der Waals surface area contributed by atoms with E-state index in [9.17, 15) is 4.79 Å². The largest absolute Gasteiger partial charge is 0.417 e. The van der Waals surface area contributed by atoms with E-state index in [1.54, 1.807) is 12.1 Å². The molecule has 6 heteroatoms. The standard InChI is InChI=1S/C14H8BrClINO2/c15-8-2-3-10(17)9(6-8)13(16)7-1-4-11-12(5-7)20-14(19)18-11/h1-6,13H,(H,18,19). The van der Waals surface area contributed by atoms with Gasteiger partial charge in [-0.15, -0.1) is 11.6 Å². The molecule has 0 bridgehead atoms. The number of nitrogens with one attached hydrogen (secondary N) is 1. The minimum absolute atomic E-state index is 0.302. The van der Waals surface area contributed by atoms with Gasteiger partial charge in [0, 0.05) is 8.04 Å². The molecule has 3 aromatic rings. The van der Waals surface area contributed by atoms with Gasteiger partial charge in [-0.05, 0) is 64.0 Å². The Kier molecular flexibility index (Phi) is 3.92. The number of aromatic nitrogens is 1. The number of rotatable bonds is 2. The summed E-state index contributed by atoms with van der Waals surface area (Å²) in [4.78, 5) is 13.8. The molecule has 0 aliphatic carbocycles. The average molecular weight is 464 g/mol. The Morgan fingerprint density at radius 1 is 1.25 bits per heavy atom. The number of benzene rings is 2. The Morgan fingerprint density at radius 3 is 2.85 bits per heavy atom. The first-order valence-corrected chi connectivity index (χ1v) is 8.07. The van der Waals surface area contributed by atoms with Crippen LogP contribution in [-0.2, 0) is 0 Å². The maximum atomic E-state index is 11.2. The molecule has 3 nitrogen and oxygen atoms in total. The number of fused-ring (bicyclic) bond motifs is 1. The van der Waals surface area contributed by atoms with Crippen LogP contribution >= 0.6 is 50.1 Å². The lowest BCUT2D eigenvalue weighted by Crippen LogP contribution is -1.96. The van der Waals surface area contributed by atoms with Crippen molar-refractivity contribution in [2.45, 2.75) is 5.38 Å². The lowest BCUT2D eigenvalue weighted by atomic mass is 10.0. The fourth-order valence-electron chi connectivity index (χ4n) is 2.01. The Hall–Kier alpha value is -0.790. The second-order valence-corrected chi connectivity index (χ2v) is 6.81. The molecule has 2 aromatic carbocycles. The normalized spacial score (nSPS) is 12.8. The molecule has 0 aliphatic rings. The number of halogens is 3. The summed E-state index contributed by atoms with van der Waals surface area (Å²) in [5.74, 6) is -0.458. The Balaban J connectivity index is 2.09. The van der Waals surface area contributed by atoms with Crippen LogP contribution < -0.4 is 5.76 Å². The Bertz CT molecular complexity index is 843. The fraction of sp³-hybridized carbons (Fsp3) is 0.0714. The van der Waals surface area contributed by atoms with E-state index in [2.05, 4.69) is 43.5 Å². The van der Waals surface area contributed by atoms with Crippen LogP contribution in [0.1, 0.15) is 16.5 Å². The smallest absolute Gasteiger partial charge is 0.408 e. The molecule has 0 spiro atoms. The first-order chi connectivity index (χ1) is 9.54. The Morgan fingerprint density at radius 2 is 2.05 bits per heavy atom. The first-order valence-electron chi connectivity index (χ1n) is 5.76. The number of hydrogen-bond acceptors (Lipinski definition) is 2. The predicted octanol–water partition coefficient (Wildman–Crippen LogP) is 4.82. The van der Waals surface area contributed by atoms with Gasteiger partial charge in [-0.25, -0.2) is 4.79 Å². The van der Waals surface area contributed by atoms with Crippen molar-refractivity contribution in [1.29, 1.82) is 0 Å². The summed E-state index contributed by atoms with van der Waals surface area (Å²) in [5.41, 5.74) is 3.09. The van der Waals surface area contributed by atoms with Crippen molar-refractivity contribution >= 4 is 61.2 Å². The van der Waals surface area contributed by atoms with Gasteiger partial charge in [-0.1, -0.05) is 22.0 Å². The quantitative estimate of drug-likeness (QED) is 0.437. The molecular formula is C14H8BrClINO2. The molecule has 0 amide bonds. The van der Waals surface area contributed by atoms with Gasteiger partial charge in [0.05, 0.1) is 10.9 Å². The van der Waals surface area contributed by atoms with Crippen LogP contribution in [-0.4, -0.2) is 4.98 Å². The fourth-order valence-corrected chi connectivity index (χ4v) is 3.53. The van der Waals surface area contributed by atoms with E-state index in [0.717, 1.165) is 19.2 Å².